The van der Waals surface area contributed by atoms with Crippen molar-refractivity contribution in [1.29, 1.82) is 5.26 Å². The minimum absolute atomic E-state index is 0.141. The predicted octanol–water partition coefficient (Wildman–Crippen LogP) is 0.128. The highest BCUT2D eigenvalue weighted by atomic mass is 16.5. The number of hydrogen-bond acceptors (Lipinski definition) is 4. The number of nitrogens with two attached hydrogens (primary N) is 1. The van der Waals surface area contributed by atoms with Crippen molar-refractivity contribution in [3.8, 4) is 6.07 Å². The van der Waals surface area contributed by atoms with E-state index in [0.29, 0.717) is 0 Å². The van der Waals surface area contributed by atoms with Crippen molar-refractivity contribution in [2.24, 2.45) is 0 Å². The summed E-state index contributed by atoms with van der Waals surface area (Å²) in [5, 5.41) is 11.4. The van der Waals surface area contributed by atoms with Gasteiger partial charge in [0.05, 0.1) is 0 Å². The summed E-state index contributed by atoms with van der Waals surface area (Å²) in [4.78, 5) is 0. The first-order valence-corrected chi connectivity index (χ1v) is 1.95. The van der Waals surface area contributed by atoms with Crippen molar-refractivity contribution in [3.63, 3.8) is 0 Å². The van der Waals surface area contributed by atoms with Crippen molar-refractivity contribution >= 4 is 5.82 Å². The van der Waals surface area contributed by atoms with Crippen LogP contribution >= 0.6 is 0 Å². The van der Waals surface area contributed by atoms with Crippen LogP contribution in [0, 0.1) is 11.3 Å². The molecule has 2 N–H and O–H groups in total. The van der Waals surface area contributed by atoms with Gasteiger partial charge in [0.25, 0.3) is 0 Å². The van der Waals surface area contributed by atoms with Gasteiger partial charge >= 0.3 is 0 Å². The topological polar surface area (TPSA) is 75.8 Å². The first kappa shape index (κ1) is 4.65. The maximum absolute atomic E-state index is 8.11. The second-order valence-corrected chi connectivity index (χ2v) is 1.23. The Morgan fingerprint density at radius 1 is 1.88 bits per heavy atom. The lowest BCUT2D eigenvalue weighted by molar-refractivity contribution is 0.413. The van der Waals surface area contributed by atoms with Gasteiger partial charge in [-0.15, -0.1) is 0 Å². The molecule has 0 saturated carbocycles. The SMILES string of the molecule is N#Cc1cc(N)no1. The Bertz CT molecular complexity index is 221. The fraction of sp³-hybridized carbons (Fsp3) is 0. The first-order chi connectivity index (χ1) is 3.83. The van der Waals surface area contributed by atoms with E-state index in [1.807, 2.05) is 0 Å². The first-order valence-electron chi connectivity index (χ1n) is 1.95. The van der Waals surface area contributed by atoms with Gasteiger partial charge < -0.3 is 10.3 Å². The van der Waals surface area contributed by atoms with Gasteiger partial charge in [-0.05, 0) is 0 Å². The van der Waals surface area contributed by atoms with Gasteiger partial charge in [0.2, 0.25) is 5.76 Å². The van der Waals surface area contributed by atoms with E-state index in [0.717, 1.165) is 0 Å². The van der Waals surface area contributed by atoms with Gasteiger partial charge in [-0.2, -0.15) is 5.26 Å². The maximum Gasteiger partial charge on any atom is 0.238 e. The van der Waals surface area contributed by atoms with Gasteiger partial charge in [0, 0.05) is 6.07 Å². The monoisotopic (exact) mass is 109 g/mol. The molecule has 0 radical (unpaired) electrons. The molecule has 0 fully saturated rings. The van der Waals surface area contributed by atoms with Crippen LogP contribution in [0.5, 0.6) is 0 Å². The molecule has 0 spiro atoms. The van der Waals surface area contributed by atoms with Gasteiger partial charge in [-0.25, -0.2) is 0 Å². The van der Waals surface area contributed by atoms with Crippen LogP contribution in [0.2, 0.25) is 0 Å². The maximum atomic E-state index is 8.11. The van der Waals surface area contributed by atoms with Crippen LogP contribution < -0.4 is 5.73 Å². The number of hydrogen-bond donors (Lipinski definition) is 1. The second kappa shape index (κ2) is 1.54. The number of rotatable bonds is 0. The molecule has 0 bridgehead atoms. The van der Waals surface area contributed by atoms with Crippen LogP contribution in [0.1, 0.15) is 5.76 Å². The smallest absolute Gasteiger partial charge is 0.238 e. The fourth-order valence-corrected chi connectivity index (χ4v) is 0.342. The van der Waals surface area contributed by atoms with E-state index in [4.69, 9.17) is 11.0 Å². The van der Waals surface area contributed by atoms with Crippen molar-refractivity contribution in [2.45, 2.75) is 0 Å². The third-order valence-electron chi connectivity index (χ3n) is 0.639. The lowest BCUT2D eigenvalue weighted by atomic mass is 10.5. The lowest BCUT2D eigenvalue weighted by Crippen LogP contribution is -1.79. The van der Waals surface area contributed by atoms with Crippen LogP contribution in [-0.4, -0.2) is 5.16 Å². The minimum Gasteiger partial charge on any atom is -0.381 e. The molecule has 4 nitrogen and oxygen atoms in total. The number of anilines is 1. The van der Waals surface area contributed by atoms with Crippen LogP contribution in [0.15, 0.2) is 10.6 Å². The van der Waals surface area contributed by atoms with Crippen molar-refractivity contribution in [3.05, 3.63) is 11.8 Å². The Balaban J connectivity index is 3.05. The van der Waals surface area contributed by atoms with Crippen molar-refractivity contribution < 1.29 is 4.52 Å². The summed E-state index contributed by atoms with van der Waals surface area (Å²) in [5.41, 5.74) is 5.10. The molecule has 1 rings (SSSR count). The summed E-state index contributed by atoms with van der Waals surface area (Å²) in [7, 11) is 0. The summed E-state index contributed by atoms with van der Waals surface area (Å²) in [6.07, 6.45) is 0. The van der Waals surface area contributed by atoms with Gasteiger partial charge in [0.15, 0.2) is 5.82 Å². The fourth-order valence-electron chi connectivity index (χ4n) is 0.342. The van der Waals surface area contributed by atoms with E-state index < -0.39 is 0 Å². The van der Waals surface area contributed by atoms with E-state index in [2.05, 4.69) is 9.68 Å². The molecule has 1 aromatic heterocycles. The molecule has 0 saturated heterocycles. The molecular formula is C4H3N3O. The molecular weight excluding hydrogens is 106 g/mol. The Kier molecular flexibility index (Phi) is 0.897. The molecule has 40 valence electrons. The summed E-state index contributed by atoms with van der Waals surface area (Å²) >= 11 is 0. The number of aromatic nitrogens is 1. The number of nitrogen functional groups attached to an aromatic ring is 1. The standard InChI is InChI=1S/C4H3N3O/c5-2-3-1-4(6)7-8-3/h1H,(H2,6,7). The van der Waals surface area contributed by atoms with Crippen LogP contribution in [0.4, 0.5) is 5.82 Å². The van der Waals surface area contributed by atoms with E-state index in [9.17, 15) is 0 Å². The molecule has 1 heterocycles. The van der Waals surface area contributed by atoms with Crippen LogP contribution in [0.25, 0.3) is 0 Å². The van der Waals surface area contributed by atoms with Gasteiger partial charge in [-0.3, -0.25) is 0 Å². The highest BCUT2D eigenvalue weighted by Crippen LogP contribution is 2.00. The third-order valence-corrected chi connectivity index (χ3v) is 0.639. The Labute approximate surface area is 45.5 Å². The second-order valence-electron chi connectivity index (χ2n) is 1.23. The number of nitriles is 1. The highest BCUT2D eigenvalue weighted by Gasteiger charge is 1.94. The third kappa shape index (κ3) is 0.611. The van der Waals surface area contributed by atoms with E-state index >= 15 is 0 Å². The molecule has 0 amide bonds. The molecule has 4 heteroatoms. The summed E-state index contributed by atoms with van der Waals surface area (Å²) in [5.74, 6) is 0.379. The van der Waals surface area contributed by atoms with Gasteiger partial charge in [0.1, 0.15) is 6.07 Å². The Hall–Kier alpha value is -1.50. The molecule has 0 aliphatic carbocycles. The molecule has 0 aliphatic heterocycles. The predicted molar refractivity (Wildman–Crippen MR) is 25.6 cm³/mol. The van der Waals surface area contributed by atoms with E-state index in [1.165, 1.54) is 6.07 Å². The van der Waals surface area contributed by atoms with Gasteiger partial charge in [-0.1, -0.05) is 5.16 Å². The molecule has 8 heavy (non-hydrogen) atoms. The molecule has 1 aromatic rings. The van der Waals surface area contributed by atoms with E-state index in [1.54, 1.807) is 6.07 Å². The summed E-state index contributed by atoms with van der Waals surface area (Å²) in [6.45, 7) is 0. The molecule has 0 unspecified atom stereocenters. The zero-order chi connectivity index (χ0) is 5.98. The lowest BCUT2D eigenvalue weighted by Gasteiger charge is -1.64. The van der Waals surface area contributed by atoms with Crippen molar-refractivity contribution in [2.75, 3.05) is 5.73 Å². The van der Waals surface area contributed by atoms with E-state index in [-0.39, 0.29) is 11.6 Å². The van der Waals surface area contributed by atoms with Crippen LogP contribution in [-0.2, 0) is 0 Å². The largest absolute Gasteiger partial charge is 0.381 e. The molecule has 0 atom stereocenters. The summed E-state index contributed by atoms with van der Waals surface area (Å²) < 4.78 is 4.38. The van der Waals surface area contributed by atoms with Crippen molar-refractivity contribution in [1.82, 2.24) is 5.16 Å². The number of nitrogens with zero attached hydrogens (tertiary/aromatic N) is 2. The average Bonchev–Trinajstić information content (AvgIpc) is 2.14. The van der Waals surface area contributed by atoms with Crippen LogP contribution in [0.3, 0.4) is 0 Å². The highest BCUT2D eigenvalue weighted by molar-refractivity contribution is 5.31. The summed E-state index contributed by atoms with van der Waals surface area (Å²) in [6, 6.07) is 3.10. The minimum atomic E-state index is 0.141. The molecule has 0 aromatic carbocycles. The Morgan fingerprint density at radius 2 is 2.62 bits per heavy atom. The zero-order valence-electron chi connectivity index (χ0n) is 3.96. The normalized spacial score (nSPS) is 8.38. The average molecular weight is 109 g/mol. The quantitative estimate of drug-likeness (QED) is 0.513. The zero-order valence-corrected chi connectivity index (χ0v) is 3.96. The molecule has 0 aliphatic rings. The Morgan fingerprint density at radius 3 is 2.88 bits per heavy atom.